The van der Waals surface area contributed by atoms with Gasteiger partial charge in [-0.15, -0.1) is 0 Å². The molecular weight excluding hydrogens is 507 g/mol. The molecule has 7 nitrogen and oxygen atoms in total. The molecule has 40 heavy (non-hydrogen) atoms. The summed E-state index contributed by atoms with van der Waals surface area (Å²) in [5.41, 5.74) is 10.3. The third-order valence-corrected chi connectivity index (χ3v) is 6.90. The van der Waals surface area contributed by atoms with Crippen molar-refractivity contribution in [1.82, 2.24) is 10.6 Å². The first-order valence-electron chi connectivity index (χ1n) is 14.2. The second-order valence-electron chi connectivity index (χ2n) is 9.91. The van der Waals surface area contributed by atoms with Crippen LogP contribution in [0.15, 0.2) is 81.5 Å². The minimum absolute atomic E-state index is 0.00637. The van der Waals surface area contributed by atoms with Crippen LogP contribution in [0, 0.1) is 5.82 Å². The smallest absolute Gasteiger partial charge is 0.254 e. The van der Waals surface area contributed by atoms with Gasteiger partial charge in [-0.1, -0.05) is 38.1 Å². The van der Waals surface area contributed by atoms with E-state index in [1.165, 1.54) is 6.07 Å². The van der Waals surface area contributed by atoms with Crippen LogP contribution in [0.25, 0.3) is 0 Å². The van der Waals surface area contributed by atoms with Gasteiger partial charge in [-0.25, -0.2) is 9.38 Å². The largest absolute Gasteiger partial charge is 0.492 e. The summed E-state index contributed by atoms with van der Waals surface area (Å²) in [7, 11) is 0. The SMILES string of the molecule is CC/C=C/C(=C1/OCC/C1=C(/C)NCc1cccc(C(=O)NC2CCOCC2)c1F)C(/C)=C/C=N/C(N)=C/CC. The highest BCUT2D eigenvalue weighted by Crippen LogP contribution is 2.32. The van der Waals surface area contributed by atoms with Gasteiger partial charge in [-0.05, 0) is 63.3 Å². The molecule has 0 saturated carbocycles. The van der Waals surface area contributed by atoms with E-state index in [1.54, 1.807) is 18.3 Å². The van der Waals surface area contributed by atoms with Gasteiger partial charge < -0.3 is 25.8 Å². The summed E-state index contributed by atoms with van der Waals surface area (Å²) in [4.78, 5) is 17.0. The third kappa shape index (κ3) is 8.68. The van der Waals surface area contributed by atoms with Gasteiger partial charge in [0.1, 0.15) is 17.4 Å². The number of rotatable bonds is 11. The zero-order valence-electron chi connectivity index (χ0n) is 24.2. The second kappa shape index (κ2) is 15.8. The van der Waals surface area contributed by atoms with E-state index in [9.17, 15) is 4.79 Å². The first-order valence-corrected chi connectivity index (χ1v) is 14.2. The Morgan fingerprint density at radius 1 is 1.18 bits per heavy atom. The van der Waals surface area contributed by atoms with Crippen molar-refractivity contribution < 1.29 is 18.7 Å². The fraction of sp³-hybridized carbons (Fsp3) is 0.438. The lowest BCUT2D eigenvalue weighted by molar-refractivity contribution is 0.0694. The Bertz CT molecular complexity index is 1220. The molecule has 2 saturated heterocycles. The van der Waals surface area contributed by atoms with Crippen LogP contribution in [0.3, 0.4) is 0 Å². The summed E-state index contributed by atoms with van der Waals surface area (Å²) < 4.78 is 26.8. The summed E-state index contributed by atoms with van der Waals surface area (Å²) in [6, 6.07) is 4.96. The van der Waals surface area contributed by atoms with Gasteiger partial charge in [0, 0.05) is 60.8 Å². The van der Waals surface area contributed by atoms with Crippen molar-refractivity contribution in [3.63, 3.8) is 0 Å². The maximum absolute atomic E-state index is 15.4. The number of hydrogen-bond donors (Lipinski definition) is 3. The number of aliphatic imine (C=N–C) groups is 1. The van der Waals surface area contributed by atoms with Crippen molar-refractivity contribution in [2.45, 2.75) is 72.4 Å². The molecule has 2 aliphatic heterocycles. The molecule has 0 atom stereocenters. The molecule has 2 fully saturated rings. The highest BCUT2D eigenvalue weighted by atomic mass is 19.1. The Labute approximate surface area is 237 Å². The van der Waals surface area contributed by atoms with E-state index in [4.69, 9.17) is 15.2 Å². The standard InChI is InChI=1S/C32H43FN4O3/c1-5-7-11-26(22(3)13-17-35-29(34)9-6-2)31-27(16-20-40-31)23(4)36-21-24-10-8-12-28(30(24)33)32(38)37-25-14-18-39-19-15-25/h7-13,17,25,36H,5-6,14-16,18-21,34H2,1-4H3,(H,37,38)/b11-7+,22-13+,27-23+,29-9+,31-26-,35-17+. The molecule has 1 amide bonds. The molecule has 1 aromatic carbocycles. The number of amides is 1. The normalized spacial score (nSPS) is 19.7. The first-order chi connectivity index (χ1) is 19.3. The second-order valence-corrected chi connectivity index (χ2v) is 9.91. The molecule has 2 heterocycles. The number of hydrogen-bond acceptors (Lipinski definition) is 6. The maximum Gasteiger partial charge on any atom is 0.254 e. The number of nitrogens with one attached hydrogen (secondary N) is 2. The molecule has 0 radical (unpaired) electrons. The lowest BCUT2D eigenvalue weighted by Gasteiger charge is -2.23. The summed E-state index contributed by atoms with van der Waals surface area (Å²) in [5, 5.41) is 6.31. The Kier molecular flexibility index (Phi) is 12.2. The number of benzene rings is 1. The van der Waals surface area contributed by atoms with Crippen LogP contribution in [0.1, 0.15) is 75.7 Å². The average molecular weight is 551 g/mol. The minimum Gasteiger partial charge on any atom is -0.492 e. The topological polar surface area (TPSA) is 98.0 Å². The maximum atomic E-state index is 15.4. The average Bonchev–Trinajstić information content (AvgIpc) is 3.43. The zero-order valence-corrected chi connectivity index (χ0v) is 24.2. The zero-order chi connectivity index (χ0) is 28.9. The van der Waals surface area contributed by atoms with E-state index >= 15 is 4.39 Å². The first kappa shape index (κ1) is 30.9. The van der Waals surface area contributed by atoms with Gasteiger partial charge in [0.2, 0.25) is 0 Å². The van der Waals surface area contributed by atoms with Crippen molar-refractivity contribution >= 4 is 12.1 Å². The summed E-state index contributed by atoms with van der Waals surface area (Å²) in [6.45, 7) is 10.1. The molecule has 0 bridgehead atoms. The van der Waals surface area contributed by atoms with Gasteiger partial charge in [-0.2, -0.15) is 0 Å². The predicted octanol–water partition coefficient (Wildman–Crippen LogP) is 5.97. The van der Waals surface area contributed by atoms with Gasteiger partial charge >= 0.3 is 0 Å². The number of nitrogens with zero attached hydrogens (tertiary/aromatic N) is 1. The highest BCUT2D eigenvalue weighted by Gasteiger charge is 2.23. The van der Waals surface area contributed by atoms with Crippen molar-refractivity contribution in [3.05, 3.63) is 93.4 Å². The molecular formula is C32H43FN4O3. The minimum atomic E-state index is -0.503. The van der Waals surface area contributed by atoms with E-state index < -0.39 is 5.82 Å². The fourth-order valence-electron chi connectivity index (χ4n) is 4.59. The van der Waals surface area contributed by atoms with Gasteiger partial charge in [0.25, 0.3) is 5.91 Å². The molecule has 0 unspecified atom stereocenters. The molecule has 216 valence electrons. The van der Waals surface area contributed by atoms with Crippen molar-refractivity contribution in [2.75, 3.05) is 19.8 Å². The molecule has 1 aromatic rings. The Morgan fingerprint density at radius 2 is 1.95 bits per heavy atom. The summed E-state index contributed by atoms with van der Waals surface area (Å²) in [5.74, 6) is 0.400. The number of allylic oxidation sites excluding steroid dienone is 8. The van der Waals surface area contributed by atoms with Crippen molar-refractivity contribution in [2.24, 2.45) is 10.7 Å². The fourth-order valence-corrected chi connectivity index (χ4v) is 4.59. The van der Waals surface area contributed by atoms with Crippen LogP contribution < -0.4 is 16.4 Å². The van der Waals surface area contributed by atoms with Crippen molar-refractivity contribution in [3.8, 4) is 0 Å². The van der Waals surface area contributed by atoms with Crippen LogP contribution in [-0.2, 0) is 16.0 Å². The van der Waals surface area contributed by atoms with E-state index in [-0.39, 0.29) is 24.1 Å². The number of carbonyl (C=O) groups excluding carboxylic acids is 1. The van der Waals surface area contributed by atoms with Gasteiger partial charge in [-0.3, -0.25) is 4.79 Å². The molecule has 3 rings (SSSR count). The Morgan fingerprint density at radius 3 is 2.67 bits per heavy atom. The van der Waals surface area contributed by atoms with E-state index in [2.05, 4.69) is 34.7 Å². The van der Waals surface area contributed by atoms with Gasteiger partial charge in [0.05, 0.1) is 12.2 Å². The molecule has 0 aliphatic carbocycles. The number of carbonyl (C=O) groups is 1. The number of ether oxygens (including phenoxy) is 2. The molecule has 8 heteroatoms. The summed E-state index contributed by atoms with van der Waals surface area (Å²) >= 11 is 0. The van der Waals surface area contributed by atoms with E-state index in [0.717, 1.165) is 60.3 Å². The van der Waals surface area contributed by atoms with Gasteiger partial charge in [0.15, 0.2) is 0 Å². The summed E-state index contributed by atoms with van der Waals surface area (Å²) in [6.07, 6.45) is 13.6. The van der Waals surface area contributed by atoms with Crippen LogP contribution >= 0.6 is 0 Å². The van der Waals surface area contributed by atoms with Crippen LogP contribution in [0.2, 0.25) is 0 Å². The lowest BCUT2D eigenvalue weighted by Crippen LogP contribution is -2.39. The van der Waals surface area contributed by atoms with Crippen LogP contribution in [-0.4, -0.2) is 38.0 Å². The highest BCUT2D eigenvalue weighted by molar-refractivity contribution is 5.94. The number of nitrogens with two attached hydrogens (primary N) is 1. The van der Waals surface area contributed by atoms with E-state index in [1.807, 2.05) is 32.9 Å². The molecule has 4 N–H and O–H groups in total. The Hall–Kier alpha value is -3.65. The lowest BCUT2D eigenvalue weighted by atomic mass is 9.99. The molecule has 0 spiro atoms. The Balaban J connectivity index is 1.81. The molecule has 0 aromatic heterocycles. The van der Waals surface area contributed by atoms with Crippen LogP contribution in [0.5, 0.6) is 0 Å². The monoisotopic (exact) mass is 550 g/mol. The third-order valence-electron chi connectivity index (χ3n) is 6.90. The predicted molar refractivity (Wildman–Crippen MR) is 159 cm³/mol. The quantitative estimate of drug-likeness (QED) is 0.295. The van der Waals surface area contributed by atoms with E-state index in [0.29, 0.717) is 31.2 Å². The molecule has 2 aliphatic rings. The number of halogens is 1. The van der Waals surface area contributed by atoms with Crippen LogP contribution in [0.4, 0.5) is 4.39 Å². The van der Waals surface area contributed by atoms with Crippen molar-refractivity contribution in [1.29, 1.82) is 0 Å².